The lowest BCUT2D eigenvalue weighted by molar-refractivity contribution is -0.143. The Bertz CT molecular complexity index is 469. The van der Waals surface area contributed by atoms with Crippen molar-refractivity contribution in [1.82, 2.24) is 4.90 Å². The predicted octanol–water partition coefficient (Wildman–Crippen LogP) is 3.11. The fraction of sp³-hybridized carbons (Fsp3) is 0.462. The molecular weight excluding hydrogens is 259 g/mol. The highest BCUT2D eigenvalue weighted by atomic mass is 19.4. The monoisotopic (exact) mass is 275 g/mol. The maximum atomic E-state index is 12.5. The molecule has 6 heteroatoms. The molecule has 1 amide bonds. The first kappa shape index (κ1) is 15.3. The fourth-order valence-electron chi connectivity index (χ4n) is 1.69. The first-order chi connectivity index (χ1) is 8.63. The van der Waals surface area contributed by atoms with Gasteiger partial charge in [-0.15, -0.1) is 0 Å². The first-order valence-electron chi connectivity index (χ1n) is 5.79. The maximum absolute atomic E-state index is 12.5. The summed E-state index contributed by atoms with van der Waals surface area (Å²) >= 11 is 0. The van der Waals surface area contributed by atoms with Crippen molar-refractivity contribution < 1.29 is 23.1 Å². The normalized spacial score (nSPS) is 11.7. The Balaban J connectivity index is 3.10. The molecule has 1 rings (SSSR count). The molecule has 1 N–H and O–H groups in total. The van der Waals surface area contributed by atoms with Crippen molar-refractivity contribution in [2.45, 2.75) is 33.0 Å². The second kappa shape index (κ2) is 5.50. The summed E-state index contributed by atoms with van der Waals surface area (Å²) in [6.07, 6.45) is -4.45. The van der Waals surface area contributed by atoms with Gasteiger partial charge in [-0.3, -0.25) is 4.79 Å². The van der Waals surface area contributed by atoms with E-state index in [1.54, 1.807) is 0 Å². The van der Waals surface area contributed by atoms with E-state index in [2.05, 4.69) is 0 Å². The van der Waals surface area contributed by atoms with Gasteiger partial charge in [-0.2, -0.15) is 13.2 Å². The lowest BCUT2D eigenvalue weighted by Crippen LogP contribution is -2.43. The summed E-state index contributed by atoms with van der Waals surface area (Å²) in [5.74, 6) is -0.845. The summed E-state index contributed by atoms with van der Waals surface area (Å²) < 4.78 is 37.4. The summed E-state index contributed by atoms with van der Waals surface area (Å²) in [4.78, 5) is 12.9. The minimum atomic E-state index is -4.45. The van der Waals surface area contributed by atoms with Crippen molar-refractivity contribution in [1.29, 1.82) is 0 Å². The van der Waals surface area contributed by atoms with Gasteiger partial charge in [0.1, 0.15) is 12.3 Å². The van der Waals surface area contributed by atoms with E-state index in [4.69, 9.17) is 0 Å². The number of benzene rings is 1. The quantitative estimate of drug-likeness (QED) is 0.920. The Hall–Kier alpha value is -1.72. The molecule has 0 aliphatic carbocycles. The minimum absolute atomic E-state index is 0.0814. The number of carbonyl (C=O) groups is 1. The maximum Gasteiger partial charge on any atom is 0.406 e. The van der Waals surface area contributed by atoms with Crippen LogP contribution in [0.5, 0.6) is 5.75 Å². The third-order valence-electron chi connectivity index (χ3n) is 2.77. The third kappa shape index (κ3) is 3.87. The van der Waals surface area contributed by atoms with Gasteiger partial charge in [0, 0.05) is 17.2 Å². The summed E-state index contributed by atoms with van der Waals surface area (Å²) in [5.41, 5.74) is 0.360. The predicted molar refractivity (Wildman–Crippen MR) is 65.1 cm³/mol. The molecule has 0 aliphatic heterocycles. The van der Waals surface area contributed by atoms with Gasteiger partial charge < -0.3 is 10.0 Å². The summed E-state index contributed by atoms with van der Waals surface area (Å²) in [6.45, 7) is 3.22. The summed E-state index contributed by atoms with van der Waals surface area (Å²) in [7, 11) is 0. The molecule has 0 fully saturated rings. The molecule has 19 heavy (non-hydrogen) atoms. The lowest BCUT2D eigenvalue weighted by atomic mass is 10.1. The second-order valence-electron chi connectivity index (χ2n) is 4.59. The molecule has 0 aromatic heterocycles. The Morgan fingerprint density at radius 1 is 1.37 bits per heavy atom. The zero-order valence-corrected chi connectivity index (χ0v) is 11.0. The van der Waals surface area contributed by atoms with Gasteiger partial charge in [0.15, 0.2) is 0 Å². The standard InChI is InChI=1S/C13H16F3NO2/c1-8(2)17(7-13(14,15)16)12(19)10-5-4-6-11(18)9(10)3/h4-6,8,18H,7H2,1-3H3. The molecular formula is C13H16F3NO2. The number of alkyl halides is 3. The number of aromatic hydroxyl groups is 1. The number of hydrogen-bond donors (Lipinski definition) is 1. The molecule has 0 atom stereocenters. The van der Waals surface area contributed by atoms with Crippen LogP contribution in [0.2, 0.25) is 0 Å². The van der Waals surface area contributed by atoms with Crippen LogP contribution in [0.15, 0.2) is 18.2 Å². The van der Waals surface area contributed by atoms with Crippen molar-refractivity contribution in [2.24, 2.45) is 0 Å². The Morgan fingerprint density at radius 2 is 1.95 bits per heavy atom. The highest BCUT2D eigenvalue weighted by Gasteiger charge is 2.35. The molecule has 0 unspecified atom stereocenters. The van der Waals surface area contributed by atoms with Gasteiger partial charge >= 0.3 is 6.18 Å². The molecule has 0 bridgehead atoms. The number of phenols is 1. The Labute approximate surface area is 109 Å². The highest BCUT2D eigenvalue weighted by Crippen LogP contribution is 2.24. The molecule has 0 heterocycles. The third-order valence-corrected chi connectivity index (χ3v) is 2.77. The highest BCUT2D eigenvalue weighted by molar-refractivity contribution is 5.96. The van der Waals surface area contributed by atoms with Crippen LogP contribution in [0, 0.1) is 6.92 Å². The van der Waals surface area contributed by atoms with E-state index < -0.39 is 24.7 Å². The van der Waals surface area contributed by atoms with Crippen LogP contribution in [0.4, 0.5) is 13.2 Å². The number of hydrogen-bond acceptors (Lipinski definition) is 2. The van der Waals surface area contributed by atoms with Crippen LogP contribution >= 0.6 is 0 Å². The molecule has 0 spiro atoms. The number of nitrogens with zero attached hydrogens (tertiary/aromatic N) is 1. The van der Waals surface area contributed by atoms with Crippen molar-refractivity contribution in [3.63, 3.8) is 0 Å². The van der Waals surface area contributed by atoms with Crippen molar-refractivity contribution >= 4 is 5.91 Å². The zero-order valence-electron chi connectivity index (χ0n) is 11.0. The van der Waals surface area contributed by atoms with Gasteiger partial charge in [-0.1, -0.05) is 6.07 Å². The number of amides is 1. The topological polar surface area (TPSA) is 40.5 Å². The molecule has 0 saturated heterocycles. The largest absolute Gasteiger partial charge is 0.508 e. The molecule has 1 aromatic carbocycles. The number of rotatable bonds is 3. The Kier molecular flexibility index (Phi) is 4.44. The average molecular weight is 275 g/mol. The van der Waals surface area contributed by atoms with Gasteiger partial charge in [0.2, 0.25) is 0 Å². The second-order valence-corrected chi connectivity index (χ2v) is 4.59. The number of carbonyl (C=O) groups excluding carboxylic acids is 1. The molecule has 0 radical (unpaired) electrons. The fourth-order valence-corrected chi connectivity index (χ4v) is 1.69. The van der Waals surface area contributed by atoms with Crippen molar-refractivity contribution in [2.75, 3.05) is 6.54 Å². The zero-order chi connectivity index (χ0) is 14.8. The van der Waals surface area contributed by atoms with Crippen molar-refractivity contribution in [3.8, 4) is 5.75 Å². The van der Waals surface area contributed by atoms with E-state index in [1.165, 1.54) is 39.0 Å². The van der Waals surface area contributed by atoms with E-state index in [9.17, 15) is 23.1 Å². The molecule has 106 valence electrons. The average Bonchev–Trinajstić information content (AvgIpc) is 2.27. The summed E-state index contributed by atoms with van der Waals surface area (Å²) in [6, 6.07) is 3.64. The molecule has 1 aromatic rings. The Morgan fingerprint density at radius 3 is 2.42 bits per heavy atom. The van der Waals surface area contributed by atoms with Crippen LogP contribution in [-0.4, -0.2) is 34.7 Å². The smallest absolute Gasteiger partial charge is 0.406 e. The van der Waals surface area contributed by atoms with Crippen LogP contribution in [0.25, 0.3) is 0 Å². The van der Waals surface area contributed by atoms with E-state index >= 15 is 0 Å². The van der Waals surface area contributed by atoms with Gasteiger partial charge in [-0.05, 0) is 32.9 Å². The van der Waals surface area contributed by atoms with Crippen molar-refractivity contribution in [3.05, 3.63) is 29.3 Å². The van der Waals surface area contributed by atoms with Gasteiger partial charge in [-0.25, -0.2) is 0 Å². The van der Waals surface area contributed by atoms with E-state index in [1.807, 2.05) is 0 Å². The van der Waals surface area contributed by atoms with Gasteiger partial charge in [0.25, 0.3) is 5.91 Å². The van der Waals surface area contributed by atoms with Gasteiger partial charge in [0.05, 0.1) is 0 Å². The minimum Gasteiger partial charge on any atom is -0.508 e. The van der Waals surface area contributed by atoms with E-state index in [0.29, 0.717) is 0 Å². The first-order valence-corrected chi connectivity index (χ1v) is 5.79. The number of halogens is 3. The van der Waals surface area contributed by atoms with E-state index in [0.717, 1.165) is 4.90 Å². The van der Waals surface area contributed by atoms with Crippen LogP contribution in [-0.2, 0) is 0 Å². The number of phenolic OH excluding ortho intramolecular Hbond substituents is 1. The van der Waals surface area contributed by atoms with Crippen LogP contribution in [0.1, 0.15) is 29.8 Å². The summed E-state index contributed by atoms with van der Waals surface area (Å²) in [5, 5.41) is 9.51. The molecule has 0 saturated carbocycles. The SMILES string of the molecule is Cc1c(O)cccc1C(=O)N(CC(F)(F)F)C(C)C. The van der Waals surface area contributed by atoms with Crippen LogP contribution in [0.3, 0.4) is 0 Å². The van der Waals surface area contributed by atoms with E-state index in [-0.39, 0.29) is 16.9 Å². The molecule has 3 nitrogen and oxygen atoms in total. The lowest BCUT2D eigenvalue weighted by Gasteiger charge is -2.28. The van der Waals surface area contributed by atoms with Crippen LogP contribution < -0.4 is 0 Å². The molecule has 0 aliphatic rings.